The maximum Gasteiger partial charge on any atom is 0.272 e. The van der Waals surface area contributed by atoms with Crippen LogP contribution < -0.4 is 16.0 Å². The van der Waals surface area contributed by atoms with Gasteiger partial charge in [0.2, 0.25) is 11.8 Å². The third kappa shape index (κ3) is 5.68. The van der Waals surface area contributed by atoms with E-state index >= 15 is 0 Å². The van der Waals surface area contributed by atoms with Crippen molar-refractivity contribution in [3.8, 4) is 11.1 Å². The Morgan fingerprint density at radius 1 is 0.921 bits per heavy atom. The molecule has 1 aromatic heterocycles. The van der Waals surface area contributed by atoms with E-state index in [1.807, 2.05) is 48.5 Å². The minimum Gasteiger partial charge on any atom is -0.369 e. The van der Waals surface area contributed by atoms with E-state index in [0.717, 1.165) is 43.0 Å². The zero-order valence-corrected chi connectivity index (χ0v) is 21.5. The van der Waals surface area contributed by atoms with Crippen molar-refractivity contribution in [1.82, 2.24) is 14.8 Å². The number of carbonyl (C=O) groups is 3. The summed E-state index contributed by atoms with van der Waals surface area (Å²) in [4.78, 5) is 48.2. The first kappa shape index (κ1) is 25.4. The quantitative estimate of drug-likeness (QED) is 0.525. The fourth-order valence-electron chi connectivity index (χ4n) is 4.97. The number of nitrogens with two attached hydrogens (primary N) is 1. The van der Waals surface area contributed by atoms with Crippen LogP contribution >= 0.6 is 0 Å². The van der Waals surface area contributed by atoms with Gasteiger partial charge in [0.1, 0.15) is 5.69 Å². The summed E-state index contributed by atoms with van der Waals surface area (Å²) in [5.41, 5.74) is 9.69. The lowest BCUT2D eigenvalue weighted by Gasteiger charge is -2.34. The minimum atomic E-state index is -0.472. The van der Waals surface area contributed by atoms with E-state index in [9.17, 15) is 14.4 Å². The number of carbonyl (C=O) groups excluding carboxylic acids is 3. The Bertz CT molecular complexity index is 1330. The van der Waals surface area contributed by atoms with Crippen molar-refractivity contribution in [2.45, 2.75) is 6.42 Å². The Labute approximate surface area is 222 Å². The number of aromatic nitrogens is 1. The highest BCUT2D eigenvalue weighted by atomic mass is 16.2. The Kier molecular flexibility index (Phi) is 7.37. The van der Waals surface area contributed by atoms with Crippen LogP contribution in [0.3, 0.4) is 0 Å². The monoisotopic (exact) mass is 512 g/mol. The summed E-state index contributed by atoms with van der Waals surface area (Å²) in [7, 11) is 2.11. The normalized spacial score (nSPS) is 17.9. The topological polar surface area (TPSA) is 112 Å². The number of pyridine rings is 1. The highest BCUT2D eigenvalue weighted by Gasteiger charge is 2.32. The zero-order chi connectivity index (χ0) is 26.6. The lowest BCUT2D eigenvalue weighted by molar-refractivity contribution is -0.119. The van der Waals surface area contributed by atoms with Gasteiger partial charge in [-0.3, -0.25) is 19.4 Å². The van der Waals surface area contributed by atoms with Gasteiger partial charge in [0.25, 0.3) is 5.91 Å². The molecule has 2 aromatic carbocycles. The van der Waals surface area contributed by atoms with E-state index in [4.69, 9.17) is 5.73 Å². The van der Waals surface area contributed by atoms with Gasteiger partial charge in [0.15, 0.2) is 0 Å². The Morgan fingerprint density at radius 3 is 2.42 bits per heavy atom. The first-order chi connectivity index (χ1) is 18.4. The Morgan fingerprint density at radius 2 is 1.68 bits per heavy atom. The van der Waals surface area contributed by atoms with Crippen molar-refractivity contribution in [3.05, 3.63) is 78.1 Å². The molecule has 2 aliphatic rings. The summed E-state index contributed by atoms with van der Waals surface area (Å²) in [6.07, 6.45) is 2.29. The fourth-order valence-corrected chi connectivity index (χ4v) is 4.97. The smallest absolute Gasteiger partial charge is 0.272 e. The first-order valence-electron chi connectivity index (χ1n) is 12.9. The number of nitrogens with zero attached hydrogens (tertiary/aromatic N) is 4. The molecule has 2 aliphatic heterocycles. The van der Waals surface area contributed by atoms with Gasteiger partial charge in [-0.1, -0.05) is 24.3 Å². The van der Waals surface area contributed by atoms with Gasteiger partial charge in [-0.15, -0.1) is 0 Å². The van der Waals surface area contributed by atoms with Crippen molar-refractivity contribution in [3.63, 3.8) is 0 Å². The van der Waals surface area contributed by atoms with Crippen LogP contribution in [0.4, 0.5) is 11.4 Å². The van der Waals surface area contributed by atoms with Gasteiger partial charge >= 0.3 is 0 Å². The van der Waals surface area contributed by atoms with Gasteiger partial charge in [-0.05, 0) is 61.0 Å². The average molecular weight is 513 g/mol. The van der Waals surface area contributed by atoms with Gasteiger partial charge in [-0.25, -0.2) is 0 Å². The Balaban J connectivity index is 1.20. The lowest BCUT2D eigenvalue weighted by Crippen LogP contribution is -2.44. The van der Waals surface area contributed by atoms with Crippen LogP contribution in [0.25, 0.3) is 11.1 Å². The summed E-state index contributed by atoms with van der Waals surface area (Å²) >= 11 is 0. The summed E-state index contributed by atoms with van der Waals surface area (Å²) in [6, 6.07) is 18.4. The molecular weight excluding hydrogens is 480 g/mol. The van der Waals surface area contributed by atoms with E-state index in [0.29, 0.717) is 36.5 Å². The number of hydrogen-bond acceptors (Lipinski definition) is 6. The molecule has 3 N–H and O–H groups in total. The number of primary amides is 1. The second-order valence-corrected chi connectivity index (χ2v) is 9.94. The molecule has 9 heteroatoms. The molecule has 5 rings (SSSR count). The second-order valence-electron chi connectivity index (χ2n) is 9.94. The maximum atomic E-state index is 13.2. The predicted octanol–water partition coefficient (Wildman–Crippen LogP) is 2.70. The van der Waals surface area contributed by atoms with Crippen LogP contribution in [0.2, 0.25) is 0 Å². The number of piperazine rings is 1. The molecule has 38 heavy (non-hydrogen) atoms. The second kappa shape index (κ2) is 11.0. The molecule has 0 saturated carbocycles. The van der Waals surface area contributed by atoms with Crippen molar-refractivity contribution >= 4 is 29.1 Å². The summed E-state index contributed by atoms with van der Waals surface area (Å²) in [5, 5.41) is 3.00. The van der Waals surface area contributed by atoms with Crippen molar-refractivity contribution in [2.24, 2.45) is 11.7 Å². The number of likely N-dealkylation sites (N-methyl/N-ethyl adjacent to an activating group) is 1. The number of likely N-dealkylation sites (tertiary alicyclic amines) is 1. The van der Waals surface area contributed by atoms with E-state index < -0.39 is 5.91 Å². The minimum absolute atomic E-state index is 0.110. The number of hydrogen-bond donors (Lipinski definition) is 2. The molecule has 9 nitrogen and oxygen atoms in total. The summed E-state index contributed by atoms with van der Waals surface area (Å²) in [5.74, 6) is -1.02. The SMILES string of the molecule is CN1CCN(c2ccnc(C(=O)N3CC[C@H](C(=O)Nc4cccc(-c5ccc(C(N)=O)cc5)c4)C3)c2)CC1. The molecule has 0 spiro atoms. The zero-order valence-electron chi connectivity index (χ0n) is 21.5. The molecule has 0 radical (unpaired) electrons. The van der Waals surface area contributed by atoms with Crippen LogP contribution in [-0.4, -0.2) is 78.8 Å². The summed E-state index contributed by atoms with van der Waals surface area (Å²) in [6.45, 7) is 4.68. The van der Waals surface area contributed by atoms with E-state index in [-0.39, 0.29) is 17.7 Å². The van der Waals surface area contributed by atoms with Crippen LogP contribution in [0.15, 0.2) is 66.9 Å². The van der Waals surface area contributed by atoms with Gasteiger partial charge in [0, 0.05) is 62.4 Å². The molecular formula is C29H32N6O3. The third-order valence-corrected chi connectivity index (χ3v) is 7.31. The number of benzene rings is 2. The number of amides is 3. The molecule has 0 bridgehead atoms. The maximum absolute atomic E-state index is 13.2. The molecule has 196 valence electrons. The van der Waals surface area contributed by atoms with Crippen LogP contribution in [-0.2, 0) is 4.79 Å². The van der Waals surface area contributed by atoms with Crippen molar-refractivity contribution < 1.29 is 14.4 Å². The first-order valence-corrected chi connectivity index (χ1v) is 12.9. The molecule has 3 amide bonds. The molecule has 2 saturated heterocycles. The van der Waals surface area contributed by atoms with Crippen molar-refractivity contribution in [2.75, 3.05) is 56.5 Å². The predicted molar refractivity (Wildman–Crippen MR) is 147 cm³/mol. The van der Waals surface area contributed by atoms with Crippen LogP contribution in [0.1, 0.15) is 27.3 Å². The van der Waals surface area contributed by atoms with E-state index in [1.165, 1.54) is 0 Å². The van der Waals surface area contributed by atoms with Gasteiger partial charge in [0.05, 0.1) is 5.92 Å². The largest absolute Gasteiger partial charge is 0.369 e. The van der Waals surface area contributed by atoms with Crippen LogP contribution in [0.5, 0.6) is 0 Å². The van der Waals surface area contributed by atoms with Crippen molar-refractivity contribution in [1.29, 1.82) is 0 Å². The molecule has 2 fully saturated rings. The molecule has 0 aliphatic carbocycles. The fraction of sp³-hybridized carbons (Fsp3) is 0.310. The average Bonchev–Trinajstić information content (AvgIpc) is 3.44. The number of anilines is 2. The van der Waals surface area contributed by atoms with Gasteiger partial charge < -0.3 is 25.8 Å². The molecule has 3 aromatic rings. The highest BCUT2D eigenvalue weighted by Crippen LogP contribution is 2.26. The number of nitrogens with one attached hydrogen (secondary N) is 1. The standard InChI is InChI=1S/C29H32N6O3/c1-33-13-15-34(16-14-33)25-9-11-31-26(18-25)29(38)35-12-10-23(19-35)28(37)32-24-4-2-3-22(17-24)20-5-7-21(8-6-20)27(30)36/h2-9,11,17-18,23H,10,12-16,19H2,1H3,(H2,30,36)(H,32,37)/t23-/m0/s1. The molecule has 0 unspecified atom stereocenters. The van der Waals surface area contributed by atoms with E-state index in [2.05, 4.69) is 27.1 Å². The lowest BCUT2D eigenvalue weighted by atomic mass is 10.0. The van der Waals surface area contributed by atoms with Crippen LogP contribution in [0, 0.1) is 5.92 Å². The Hall–Kier alpha value is -4.24. The summed E-state index contributed by atoms with van der Waals surface area (Å²) < 4.78 is 0. The van der Waals surface area contributed by atoms with E-state index in [1.54, 1.807) is 23.2 Å². The molecule has 3 heterocycles. The highest BCUT2D eigenvalue weighted by molar-refractivity contribution is 5.97. The number of rotatable bonds is 6. The third-order valence-electron chi connectivity index (χ3n) is 7.31. The molecule has 1 atom stereocenters. The van der Waals surface area contributed by atoms with Gasteiger partial charge in [-0.2, -0.15) is 0 Å².